The first-order valence-corrected chi connectivity index (χ1v) is 10.5. The number of nitrogens with one attached hydrogen (secondary N) is 1. The summed E-state index contributed by atoms with van der Waals surface area (Å²) in [4.78, 5) is 29.2. The highest BCUT2D eigenvalue weighted by molar-refractivity contribution is 6.06. The predicted molar refractivity (Wildman–Crippen MR) is 124 cm³/mol. The molecule has 7 heteroatoms. The molecular formula is C26H24FN3O3. The molecule has 0 saturated carbocycles. The average Bonchev–Trinajstić information content (AvgIpc) is 3.11. The van der Waals surface area contributed by atoms with Crippen LogP contribution in [-0.2, 0) is 6.42 Å². The molecule has 0 saturated heterocycles. The van der Waals surface area contributed by atoms with Gasteiger partial charge in [0.2, 0.25) is 5.71 Å². The van der Waals surface area contributed by atoms with Crippen LogP contribution in [-0.4, -0.2) is 22.3 Å². The average molecular weight is 445 g/mol. The summed E-state index contributed by atoms with van der Waals surface area (Å²) in [5.74, 6) is -0.792. The van der Waals surface area contributed by atoms with E-state index in [1.807, 2.05) is 26.8 Å². The molecule has 2 aromatic heterocycles. The van der Waals surface area contributed by atoms with Gasteiger partial charge in [0, 0.05) is 29.3 Å². The Bertz CT molecular complexity index is 1350. The smallest absolute Gasteiger partial charge is 0.252 e. The molecule has 4 aromatic rings. The number of hydrogen-bond donors (Lipinski definition) is 2. The van der Waals surface area contributed by atoms with Crippen molar-refractivity contribution in [1.82, 2.24) is 10.3 Å². The highest BCUT2D eigenvalue weighted by Gasteiger charge is 2.21. The number of carbonyl (C=O) groups is 2. The van der Waals surface area contributed by atoms with E-state index >= 15 is 0 Å². The van der Waals surface area contributed by atoms with Gasteiger partial charge in [0.05, 0.1) is 10.9 Å². The number of nitrogens with two attached hydrogens (primary N) is 1. The highest BCUT2D eigenvalue weighted by atomic mass is 19.1. The van der Waals surface area contributed by atoms with Crippen LogP contribution in [0.15, 0.2) is 65.2 Å². The molecule has 0 aliphatic rings. The monoisotopic (exact) mass is 445 g/mol. The molecule has 33 heavy (non-hydrogen) atoms. The quantitative estimate of drug-likeness (QED) is 0.459. The first-order valence-electron chi connectivity index (χ1n) is 10.5. The summed E-state index contributed by atoms with van der Waals surface area (Å²) in [5, 5.41) is 3.43. The number of pyridine rings is 1. The normalized spacial score (nSPS) is 11.5. The Balaban J connectivity index is 1.73. The Kier molecular flexibility index (Phi) is 5.72. The summed E-state index contributed by atoms with van der Waals surface area (Å²) in [6.45, 7) is 5.75. The van der Waals surface area contributed by atoms with Crippen molar-refractivity contribution in [2.45, 2.75) is 32.7 Å². The predicted octanol–water partition coefficient (Wildman–Crippen LogP) is 4.85. The number of rotatable bonds is 5. The number of aromatic nitrogens is 1. The van der Waals surface area contributed by atoms with E-state index in [-0.39, 0.29) is 35.0 Å². The summed E-state index contributed by atoms with van der Waals surface area (Å²) in [6, 6.07) is 14.9. The van der Waals surface area contributed by atoms with E-state index in [9.17, 15) is 14.0 Å². The van der Waals surface area contributed by atoms with Crippen LogP contribution >= 0.6 is 0 Å². The summed E-state index contributed by atoms with van der Waals surface area (Å²) in [6.07, 6.45) is 1.89. The second-order valence-electron chi connectivity index (χ2n) is 8.93. The molecule has 168 valence electrons. The zero-order valence-electron chi connectivity index (χ0n) is 18.6. The van der Waals surface area contributed by atoms with Crippen LogP contribution in [0.2, 0.25) is 0 Å². The Labute approximate surface area is 190 Å². The standard InChI is InChI=1S/C26H24FN3O3/c1-26(2,3)30-24(32)17-6-4-5-16(12-17)18-13-20-22(23(28)31)21(33-25(20)29-14-18)11-15-7-9-19(27)10-8-15/h4-10,12-14H,11H2,1-3H3,(H2,28,31)(H,30,32). The molecular weight excluding hydrogens is 421 g/mol. The van der Waals surface area contributed by atoms with Crippen LogP contribution in [0.1, 0.15) is 52.8 Å². The van der Waals surface area contributed by atoms with Gasteiger partial charge in [-0.1, -0.05) is 24.3 Å². The van der Waals surface area contributed by atoms with Crippen LogP contribution in [0.3, 0.4) is 0 Å². The molecule has 3 N–H and O–H groups in total. The first-order chi connectivity index (χ1) is 15.6. The third-order valence-corrected chi connectivity index (χ3v) is 5.09. The van der Waals surface area contributed by atoms with Gasteiger partial charge in [-0.3, -0.25) is 9.59 Å². The van der Waals surface area contributed by atoms with Gasteiger partial charge in [0.1, 0.15) is 11.6 Å². The van der Waals surface area contributed by atoms with Gasteiger partial charge < -0.3 is 15.5 Å². The van der Waals surface area contributed by atoms with Crippen LogP contribution in [0, 0.1) is 5.82 Å². The molecule has 0 aliphatic carbocycles. The van der Waals surface area contributed by atoms with E-state index in [0.717, 1.165) is 11.1 Å². The molecule has 0 atom stereocenters. The lowest BCUT2D eigenvalue weighted by Crippen LogP contribution is -2.40. The van der Waals surface area contributed by atoms with Crippen LogP contribution in [0.4, 0.5) is 4.39 Å². The Hall–Kier alpha value is -4.00. The Morgan fingerprint density at radius 2 is 1.79 bits per heavy atom. The lowest BCUT2D eigenvalue weighted by Gasteiger charge is -2.20. The highest BCUT2D eigenvalue weighted by Crippen LogP contribution is 2.30. The zero-order valence-corrected chi connectivity index (χ0v) is 18.6. The lowest BCUT2D eigenvalue weighted by molar-refractivity contribution is 0.0918. The largest absolute Gasteiger partial charge is 0.442 e. The maximum absolute atomic E-state index is 13.2. The second-order valence-corrected chi connectivity index (χ2v) is 8.93. The Morgan fingerprint density at radius 3 is 2.45 bits per heavy atom. The van der Waals surface area contributed by atoms with Crippen molar-refractivity contribution in [2.24, 2.45) is 5.73 Å². The molecule has 2 aromatic carbocycles. The number of amides is 2. The van der Waals surface area contributed by atoms with Gasteiger partial charge >= 0.3 is 0 Å². The fourth-order valence-corrected chi connectivity index (χ4v) is 3.62. The molecule has 2 amide bonds. The number of furan rings is 1. The van der Waals surface area contributed by atoms with Crippen molar-refractivity contribution in [1.29, 1.82) is 0 Å². The maximum Gasteiger partial charge on any atom is 0.252 e. The van der Waals surface area contributed by atoms with Crippen molar-refractivity contribution in [3.63, 3.8) is 0 Å². The molecule has 0 fully saturated rings. The number of benzene rings is 2. The number of hydrogen-bond acceptors (Lipinski definition) is 4. The van der Waals surface area contributed by atoms with Gasteiger partial charge in [0.25, 0.3) is 11.8 Å². The van der Waals surface area contributed by atoms with Gasteiger partial charge in [-0.15, -0.1) is 0 Å². The van der Waals surface area contributed by atoms with Gasteiger partial charge in [0.15, 0.2) is 0 Å². The molecule has 0 radical (unpaired) electrons. The molecule has 6 nitrogen and oxygen atoms in total. The third kappa shape index (κ3) is 4.92. The van der Waals surface area contributed by atoms with Gasteiger partial charge in [-0.2, -0.15) is 0 Å². The van der Waals surface area contributed by atoms with Crippen LogP contribution < -0.4 is 11.1 Å². The van der Waals surface area contributed by atoms with E-state index in [2.05, 4.69) is 10.3 Å². The van der Waals surface area contributed by atoms with E-state index in [0.29, 0.717) is 22.3 Å². The fraction of sp³-hybridized carbons (Fsp3) is 0.192. The maximum atomic E-state index is 13.2. The number of nitrogens with zero attached hydrogens (tertiary/aromatic N) is 1. The number of primary amides is 1. The molecule has 0 aliphatic heterocycles. The van der Waals surface area contributed by atoms with Gasteiger partial charge in [-0.05, 0) is 62.2 Å². The number of fused-ring (bicyclic) bond motifs is 1. The second kappa shape index (κ2) is 8.50. The van der Waals surface area contributed by atoms with Gasteiger partial charge in [-0.25, -0.2) is 9.37 Å². The SMILES string of the molecule is CC(C)(C)NC(=O)c1cccc(-c2cnc3oc(Cc4ccc(F)cc4)c(C(N)=O)c3c2)c1. The Morgan fingerprint density at radius 1 is 1.06 bits per heavy atom. The minimum Gasteiger partial charge on any atom is -0.442 e. The molecule has 2 heterocycles. The molecule has 0 bridgehead atoms. The third-order valence-electron chi connectivity index (χ3n) is 5.09. The van der Waals surface area contributed by atoms with Crippen LogP contribution in [0.5, 0.6) is 0 Å². The summed E-state index contributed by atoms with van der Waals surface area (Å²) < 4.78 is 19.1. The topological polar surface area (TPSA) is 98.2 Å². The fourth-order valence-electron chi connectivity index (χ4n) is 3.62. The molecule has 4 rings (SSSR count). The molecule has 0 spiro atoms. The minimum absolute atomic E-state index is 0.180. The number of carbonyl (C=O) groups excluding carboxylic acids is 2. The van der Waals surface area contributed by atoms with E-state index in [1.165, 1.54) is 12.1 Å². The number of halogens is 1. The van der Waals surface area contributed by atoms with Crippen molar-refractivity contribution < 1.29 is 18.4 Å². The van der Waals surface area contributed by atoms with Crippen molar-refractivity contribution in [2.75, 3.05) is 0 Å². The van der Waals surface area contributed by atoms with Crippen molar-refractivity contribution in [3.8, 4) is 11.1 Å². The van der Waals surface area contributed by atoms with Crippen LogP contribution in [0.25, 0.3) is 22.2 Å². The van der Waals surface area contributed by atoms with Crippen molar-refractivity contribution in [3.05, 3.63) is 89.1 Å². The first kappa shape index (κ1) is 22.2. The minimum atomic E-state index is -0.636. The summed E-state index contributed by atoms with van der Waals surface area (Å²) in [5.41, 5.74) is 8.61. The van der Waals surface area contributed by atoms with E-state index in [4.69, 9.17) is 10.2 Å². The summed E-state index contributed by atoms with van der Waals surface area (Å²) in [7, 11) is 0. The van der Waals surface area contributed by atoms with Crippen molar-refractivity contribution >= 4 is 22.9 Å². The van der Waals surface area contributed by atoms with E-state index in [1.54, 1.807) is 42.6 Å². The van der Waals surface area contributed by atoms with E-state index < -0.39 is 5.91 Å². The lowest BCUT2D eigenvalue weighted by atomic mass is 10.0. The molecule has 0 unspecified atom stereocenters. The zero-order chi connectivity index (χ0) is 23.8. The summed E-state index contributed by atoms with van der Waals surface area (Å²) >= 11 is 0.